The van der Waals surface area contributed by atoms with Gasteiger partial charge in [-0.25, -0.2) is 0 Å². The van der Waals surface area contributed by atoms with Crippen LogP contribution in [0.5, 0.6) is 0 Å². The summed E-state index contributed by atoms with van der Waals surface area (Å²) in [5, 5.41) is 0. The van der Waals surface area contributed by atoms with E-state index in [0.717, 1.165) is 19.6 Å². The first kappa shape index (κ1) is 11.9. The van der Waals surface area contributed by atoms with Gasteiger partial charge >= 0.3 is 0 Å². The van der Waals surface area contributed by atoms with E-state index in [1.807, 2.05) is 18.7 Å². The average molecular weight is 225 g/mol. The molecule has 2 heterocycles. The predicted octanol–water partition coefficient (Wildman–Crippen LogP) is 0.420. The zero-order chi connectivity index (χ0) is 11.8. The Bertz CT molecular complexity index is 272. The number of nitrogens with zero attached hydrogens (tertiary/aromatic N) is 2. The molecular weight excluding hydrogens is 202 g/mol. The molecule has 2 aliphatic heterocycles. The van der Waals surface area contributed by atoms with E-state index in [9.17, 15) is 4.79 Å². The van der Waals surface area contributed by atoms with Crippen LogP contribution in [0.2, 0.25) is 0 Å². The lowest BCUT2D eigenvalue weighted by Gasteiger charge is -2.38. The second-order valence-corrected chi connectivity index (χ2v) is 5.84. The minimum Gasteiger partial charge on any atom is -0.340 e. The number of hydrogen-bond acceptors (Lipinski definition) is 3. The molecule has 0 radical (unpaired) electrons. The molecule has 92 valence electrons. The van der Waals surface area contributed by atoms with Crippen molar-refractivity contribution in [3.05, 3.63) is 0 Å². The highest BCUT2D eigenvalue weighted by molar-refractivity contribution is 5.77. The lowest BCUT2D eigenvalue weighted by molar-refractivity contribution is -0.134. The quantitative estimate of drug-likeness (QED) is 0.741. The van der Waals surface area contributed by atoms with E-state index in [4.69, 9.17) is 5.73 Å². The molecule has 2 saturated heterocycles. The molecule has 1 amide bonds. The number of carbonyl (C=O) groups excluding carboxylic acids is 1. The Balaban J connectivity index is 1.89. The molecule has 0 saturated carbocycles. The number of amides is 1. The van der Waals surface area contributed by atoms with E-state index in [0.29, 0.717) is 12.5 Å². The molecular formula is C12H23N3O. The van der Waals surface area contributed by atoms with Crippen molar-refractivity contribution in [3.63, 3.8) is 0 Å². The van der Waals surface area contributed by atoms with Gasteiger partial charge in [-0.2, -0.15) is 0 Å². The van der Waals surface area contributed by atoms with Crippen molar-refractivity contribution in [2.45, 2.75) is 44.7 Å². The van der Waals surface area contributed by atoms with Gasteiger partial charge in [0.25, 0.3) is 0 Å². The normalized spacial score (nSPS) is 26.9. The van der Waals surface area contributed by atoms with Gasteiger partial charge in [0, 0.05) is 37.6 Å². The van der Waals surface area contributed by atoms with Gasteiger partial charge in [0.05, 0.1) is 0 Å². The van der Waals surface area contributed by atoms with Gasteiger partial charge < -0.3 is 10.6 Å². The molecule has 1 atom stereocenters. The highest BCUT2D eigenvalue weighted by atomic mass is 16.2. The molecule has 0 aromatic rings. The van der Waals surface area contributed by atoms with Crippen molar-refractivity contribution in [1.82, 2.24) is 9.80 Å². The van der Waals surface area contributed by atoms with E-state index in [1.165, 1.54) is 19.4 Å². The van der Waals surface area contributed by atoms with E-state index in [2.05, 4.69) is 4.90 Å². The number of nitrogens with two attached hydrogens (primary N) is 1. The molecule has 16 heavy (non-hydrogen) atoms. The van der Waals surface area contributed by atoms with Crippen molar-refractivity contribution >= 4 is 5.91 Å². The maximum Gasteiger partial charge on any atom is 0.224 e. The summed E-state index contributed by atoms with van der Waals surface area (Å²) in [4.78, 5) is 16.5. The summed E-state index contributed by atoms with van der Waals surface area (Å²) in [5.41, 5.74) is 5.51. The third kappa shape index (κ3) is 2.74. The summed E-state index contributed by atoms with van der Waals surface area (Å²) in [5.74, 6) is 0.221. The number of hydrogen-bond donors (Lipinski definition) is 1. The van der Waals surface area contributed by atoms with Crippen LogP contribution in [0.1, 0.15) is 33.1 Å². The van der Waals surface area contributed by atoms with Crippen LogP contribution in [0.4, 0.5) is 0 Å². The van der Waals surface area contributed by atoms with Gasteiger partial charge in [-0.05, 0) is 33.2 Å². The molecule has 0 bridgehead atoms. The van der Waals surface area contributed by atoms with Crippen molar-refractivity contribution in [2.75, 3.05) is 26.2 Å². The smallest absolute Gasteiger partial charge is 0.224 e. The molecule has 1 unspecified atom stereocenters. The van der Waals surface area contributed by atoms with Gasteiger partial charge in [0.1, 0.15) is 0 Å². The van der Waals surface area contributed by atoms with E-state index < -0.39 is 0 Å². The first-order valence-corrected chi connectivity index (χ1v) is 6.26. The zero-order valence-corrected chi connectivity index (χ0v) is 10.4. The molecule has 2 rings (SSSR count). The van der Waals surface area contributed by atoms with Crippen LogP contribution in [0.3, 0.4) is 0 Å². The topological polar surface area (TPSA) is 49.6 Å². The highest BCUT2D eigenvalue weighted by Crippen LogP contribution is 2.22. The van der Waals surface area contributed by atoms with Gasteiger partial charge in [-0.1, -0.05) is 0 Å². The number of fused-ring (bicyclic) bond motifs is 1. The predicted molar refractivity (Wildman–Crippen MR) is 64.1 cm³/mol. The summed E-state index contributed by atoms with van der Waals surface area (Å²) in [7, 11) is 0. The van der Waals surface area contributed by atoms with E-state index >= 15 is 0 Å². The van der Waals surface area contributed by atoms with E-state index in [-0.39, 0.29) is 11.4 Å². The van der Waals surface area contributed by atoms with Crippen molar-refractivity contribution in [2.24, 2.45) is 5.73 Å². The summed E-state index contributed by atoms with van der Waals surface area (Å²) >= 11 is 0. The maximum atomic E-state index is 12.0. The molecule has 2 fully saturated rings. The van der Waals surface area contributed by atoms with Crippen LogP contribution in [0.25, 0.3) is 0 Å². The van der Waals surface area contributed by atoms with E-state index in [1.54, 1.807) is 0 Å². The Morgan fingerprint density at radius 2 is 2.12 bits per heavy atom. The fraction of sp³-hybridized carbons (Fsp3) is 0.917. The molecule has 4 nitrogen and oxygen atoms in total. The summed E-state index contributed by atoms with van der Waals surface area (Å²) in [6, 6.07) is 0.610. The Morgan fingerprint density at radius 1 is 1.38 bits per heavy atom. The standard InChI is InChI=1S/C12H23N3O/c1-12(2,13)8-11(16)15-7-6-14-5-3-4-10(14)9-15/h10H,3-9,13H2,1-2H3. The third-order valence-corrected chi connectivity index (χ3v) is 3.55. The average Bonchev–Trinajstić information content (AvgIpc) is 2.61. The second kappa shape index (κ2) is 4.34. The Hall–Kier alpha value is -0.610. The van der Waals surface area contributed by atoms with Gasteiger partial charge in [0.2, 0.25) is 5.91 Å². The Kier molecular flexibility index (Phi) is 3.22. The molecule has 0 aromatic carbocycles. The lowest BCUT2D eigenvalue weighted by Crippen LogP contribution is -2.53. The van der Waals surface area contributed by atoms with Crippen molar-refractivity contribution in [1.29, 1.82) is 0 Å². The van der Waals surface area contributed by atoms with Gasteiger partial charge in [0.15, 0.2) is 0 Å². The van der Waals surface area contributed by atoms with Crippen molar-refractivity contribution in [3.8, 4) is 0 Å². The monoisotopic (exact) mass is 225 g/mol. The fourth-order valence-corrected chi connectivity index (χ4v) is 2.72. The van der Waals surface area contributed by atoms with Crippen LogP contribution in [0.15, 0.2) is 0 Å². The third-order valence-electron chi connectivity index (χ3n) is 3.55. The fourth-order valence-electron chi connectivity index (χ4n) is 2.72. The van der Waals surface area contributed by atoms with Crippen LogP contribution in [-0.4, -0.2) is 53.5 Å². The maximum absolute atomic E-state index is 12.0. The first-order chi connectivity index (χ1) is 7.46. The van der Waals surface area contributed by atoms with Crippen LogP contribution < -0.4 is 5.73 Å². The van der Waals surface area contributed by atoms with Crippen LogP contribution >= 0.6 is 0 Å². The molecule has 2 aliphatic rings. The van der Waals surface area contributed by atoms with Gasteiger partial charge in [-0.3, -0.25) is 9.69 Å². The number of carbonyl (C=O) groups is 1. The first-order valence-electron chi connectivity index (χ1n) is 6.26. The Morgan fingerprint density at radius 3 is 2.81 bits per heavy atom. The minimum absolute atomic E-state index is 0.221. The molecule has 0 aromatic heterocycles. The molecule has 0 spiro atoms. The largest absolute Gasteiger partial charge is 0.340 e. The Labute approximate surface area is 97.8 Å². The van der Waals surface area contributed by atoms with Crippen LogP contribution in [0, 0.1) is 0 Å². The van der Waals surface area contributed by atoms with Crippen molar-refractivity contribution < 1.29 is 4.79 Å². The number of rotatable bonds is 2. The van der Waals surface area contributed by atoms with Gasteiger partial charge in [-0.15, -0.1) is 0 Å². The minimum atomic E-state index is -0.385. The summed E-state index contributed by atoms with van der Waals surface area (Å²) in [6.45, 7) is 7.88. The summed E-state index contributed by atoms with van der Waals surface area (Å²) in [6.07, 6.45) is 2.99. The van der Waals surface area contributed by atoms with Crippen LogP contribution in [-0.2, 0) is 4.79 Å². The summed E-state index contributed by atoms with van der Waals surface area (Å²) < 4.78 is 0. The SMILES string of the molecule is CC(C)(N)CC(=O)N1CCN2CCCC2C1. The second-order valence-electron chi connectivity index (χ2n) is 5.84. The zero-order valence-electron chi connectivity index (χ0n) is 10.4. The highest BCUT2D eigenvalue weighted by Gasteiger charge is 2.33. The molecule has 0 aliphatic carbocycles. The lowest BCUT2D eigenvalue weighted by atomic mass is 10.0. The molecule has 4 heteroatoms. The number of piperazine rings is 1. The molecule has 2 N–H and O–H groups in total.